The summed E-state index contributed by atoms with van der Waals surface area (Å²) in [6.07, 6.45) is 5.37. The number of benzene rings is 2. The molecule has 0 saturated heterocycles. The number of ether oxygens (including phenoxy) is 1. The quantitative estimate of drug-likeness (QED) is 0.331. The summed E-state index contributed by atoms with van der Waals surface area (Å²) in [5.41, 5.74) is 0. The fourth-order valence-corrected chi connectivity index (χ4v) is 3.06. The number of rotatable bonds is 8. The molecule has 1 N–H and O–H groups in total. The summed E-state index contributed by atoms with van der Waals surface area (Å²) in [4.78, 5) is 11.7. The predicted octanol–water partition coefficient (Wildman–Crippen LogP) is 4.35. The minimum atomic E-state index is -4.37. The largest absolute Gasteiger partial charge is 0.426 e. The van der Waals surface area contributed by atoms with Crippen molar-refractivity contribution < 1.29 is 22.5 Å². The molecule has 0 atom stereocenters. The number of esters is 1. The molecule has 0 heterocycles. The van der Waals surface area contributed by atoms with Gasteiger partial charge in [-0.25, -0.2) is 0 Å². The molecule has 24 heavy (non-hydrogen) atoms. The first-order valence-corrected chi connectivity index (χ1v) is 9.57. The lowest BCUT2D eigenvalue weighted by molar-refractivity contribution is -0.134. The van der Waals surface area contributed by atoms with Crippen LogP contribution in [-0.4, -0.2) is 18.9 Å². The summed E-state index contributed by atoms with van der Waals surface area (Å²) in [6.45, 7) is 2.13. The molecule has 6 heteroatoms. The Labute approximate surface area is 142 Å². The Bertz CT molecular complexity index is 811. The van der Waals surface area contributed by atoms with E-state index in [9.17, 15) is 17.8 Å². The molecule has 0 unspecified atom stereocenters. The van der Waals surface area contributed by atoms with Gasteiger partial charge in [0, 0.05) is 17.9 Å². The van der Waals surface area contributed by atoms with Gasteiger partial charge < -0.3 is 4.74 Å². The van der Waals surface area contributed by atoms with Crippen LogP contribution in [0.4, 0.5) is 0 Å². The zero-order valence-corrected chi connectivity index (χ0v) is 14.5. The third-order valence-corrected chi connectivity index (χ3v) is 4.63. The van der Waals surface area contributed by atoms with Gasteiger partial charge in [-0.1, -0.05) is 56.9 Å². The van der Waals surface area contributed by atoms with Crippen LogP contribution in [0.2, 0.25) is 0 Å². The Hall–Kier alpha value is -1.92. The van der Waals surface area contributed by atoms with E-state index in [1.54, 1.807) is 24.3 Å². The highest BCUT2D eigenvalue weighted by atomic mass is 32.2. The molecule has 0 spiro atoms. The first-order chi connectivity index (χ1) is 11.4. The second-order valence-corrected chi connectivity index (χ2v) is 7.18. The number of hydrogen-bond acceptors (Lipinski definition) is 4. The Morgan fingerprint density at radius 3 is 2.50 bits per heavy atom. The van der Waals surface area contributed by atoms with Crippen LogP contribution in [0, 0.1) is 0 Å². The van der Waals surface area contributed by atoms with Gasteiger partial charge in [0.2, 0.25) is 0 Å². The molecule has 0 fully saturated rings. The van der Waals surface area contributed by atoms with Gasteiger partial charge in [-0.3, -0.25) is 9.35 Å². The third kappa shape index (κ3) is 5.04. The van der Waals surface area contributed by atoms with E-state index in [0.717, 1.165) is 32.1 Å². The molecular formula is C18H22O5S. The van der Waals surface area contributed by atoms with Crippen LogP contribution >= 0.6 is 0 Å². The minimum absolute atomic E-state index is 0.152. The normalized spacial score (nSPS) is 11.6. The lowest BCUT2D eigenvalue weighted by Crippen LogP contribution is -2.09. The van der Waals surface area contributed by atoms with Crippen LogP contribution in [0.5, 0.6) is 5.75 Å². The van der Waals surface area contributed by atoms with Gasteiger partial charge in [0.25, 0.3) is 10.1 Å². The minimum Gasteiger partial charge on any atom is -0.426 e. The molecule has 0 aromatic heterocycles. The summed E-state index contributed by atoms with van der Waals surface area (Å²) in [5.74, 6) is -0.247. The van der Waals surface area contributed by atoms with Gasteiger partial charge in [-0.05, 0) is 17.9 Å². The van der Waals surface area contributed by atoms with E-state index in [-0.39, 0.29) is 17.1 Å². The molecule has 0 amide bonds. The van der Waals surface area contributed by atoms with Crippen molar-refractivity contribution in [3.8, 4) is 5.75 Å². The SMILES string of the molecule is CCCCCCCC(=O)Oc1cc(S(=O)(=O)O)cc2ccccc12. The molecule has 0 bridgehead atoms. The first-order valence-electron chi connectivity index (χ1n) is 8.13. The van der Waals surface area contributed by atoms with Gasteiger partial charge in [0.1, 0.15) is 5.75 Å². The van der Waals surface area contributed by atoms with Crippen LogP contribution in [0.3, 0.4) is 0 Å². The number of carbonyl (C=O) groups is 1. The summed E-state index contributed by atoms with van der Waals surface area (Å²) in [6, 6.07) is 9.51. The Morgan fingerprint density at radius 2 is 1.79 bits per heavy atom. The van der Waals surface area contributed by atoms with Crippen molar-refractivity contribution in [2.24, 2.45) is 0 Å². The molecule has 5 nitrogen and oxygen atoms in total. The number of unbranched alkanes of at least 4 members (excludes halogenated alkanes) is 4. The van der Waals surface area contributed by atoms with Crippen LogP contribution in [-0.2, 0) is 14.9 Å². The van der Waals surface area contributed by atoms with Crippen molar-refractivity contribution in [1.82, 2.24) is 0 Å². The van der Waals surface area contributed by atoms with Crippen molar-refractivity contribution in [3.63, 3.8) is 0 Å². The molecule has 0 saturated carbocycles. The van der Waals surface area contributed by atoms with Crippen molar-refractivity contribution in [1.29, 1.82) is 0 Å². The Kier molecular flexibility index (Phi) is 6.34. The van der Waals surface area contributed by atoms with Crippen LogP contribution < -0.4 is 4.74 Å². The second-order valence-electron chi connectivity index (χ2n) is 5.76. The van der Waals surface area contributed by atoms with E-state index in [4.69, 9.17) is 4.74 Å². The van der Waals surface area contributed by atoms with E-state index < -0.39 is 16.1 Å². The van der Waals surface area contributed by atoms with Crippen molar-refractivity contribution in [3.05, 3.63) is 36.4 Å². The first kappa shape index (κ1) is 18.4. The predicted molar refractivity (Wildman–Crippen MR) is 92.8 cm³/mol. The molecule has 2 rings (SSSR count). The highest BCUT2D eigenvalue weighted by molar-refractivity contribution is 7.85. The van der Waals surface area contributed by atoms with E-state index in [2.05, 4.69) is 6.92 Å². The van der Waals surface area contributed by atoms with E-state index in [1.165, 1.54) is 12.1 Å². The zero-order chi connectivity index (χ0) is 17.6. The number of fused-ring (bicyclic) bond motifs is 1. The lowest BCUT2D eigenvalue weighted by Gasteiger charge is -2.10. The fourth-order valence-electron chi connectivity index (χ4n) is 2.53. The van der Waals surface area contributed by atoms with Crippen LogP contribution in [0.1, 0.15) is 45.4 Å². The summed E-state index contributed by atoms with van der Waals surface area (Å²) < 4.78 is 37.4. The van der Waals surface area contributed by atoms with Gasteiger partial charge in [0.05, 0.1) is 4.90 Å². The summed E-state index contributed by atoms with van der Waals surface area (Å²) in [7, 11) is -4.37. The standard InChI is InChI=1S/C18H22O5S/c1-2-3-4-5-6-11-18(19)23-17-13-15(24(20,21)22)12-14-9-7-8-10-16(14)17/h7-10,12-13H,2-6,11H2,1H3,(H,20,21,22). The average molecular weight is 350 g/mol. The lowest BCUT2D eigenvalue weighted by atomic mass is 10.1. The smallest absolute Gasteiger partial charge is 0.311 e. The monoisotopic (exact) mass is 350 g/mol. The third-order valence-electron chi connectivity index (χ3n) is 3.80. The van der Waals surface area contributed by atoms with E-state index in [0.29, 0.717) is 10.8 Å². The zero-order valence-electron chi connectivity index (χ0n) is 13.7. The molecule has 0 aliphatic carbocycles. The Morgan fingerprint density at radius 1 is 1.08 bits per heavy atom. The number of carbonyl (C=O) groups excluding carboxylic acids is 1. The topological polar surface area (TPSA) is 80.7 Å². The maximum absolute atomic E-state index is 12.0. The Balaban J connectivity index is 2.16. The van der Waals surface area contributed by atoms with Crippen molar-refractivity contribution in [2.45, 2.75) is 50.3 Å². The van der Waals surface area contributed by atoms with Crippen molar-refractivity contribution in [2.75, 3.05) is 0 Å². The van der Waals surface area contributed by atoms with Crippen LogP contribution in [0.25, 0.3) is 10.8 Å². The highest BCUT2D eigenvalue weighted by Crippen LogP contribution is 2.30. The number of hydrogen-bond donors (Lipinski definition) is 1. The molecular weight excluding hydrogens is 328 g/mol. The molecule has 2 aromatic carbocycles. The van der Waals surface area contributed by atoms with Gasteiger partial charge in [-0.2, -0.15) is 8.42 Å². The summed E-state index contributed by atoms with van der Waals surface area (Å²) in [5, 5.41) is 1.21. The fraction of sp³-hybridized carbons (Fsp3) is 0.389. The summed E-state index contributed by atoms with van der Waals surface area (Å²) >= 11 is 0. The van der Waals surface area contributed by atoms with Gasteiger partial charge >= 0.3 is 5.97 Å². The maximum atomic E-state index is 12.0. The van der Waals surface area contributed by atoms with E-state index >= 15 is 0 Å². The van der Waals surface area contributed by atoms with E-state index in [1.807, 2.05) is 0 Å². The van der Waals surface area contributed by atoms with Gasteiger partial charge in [0.15, 0.2) is 0 Å². The average Bonchev–Trinajstić information content (AvgIpc) is 2.53. The van der Waals surface area contributed by atoms with Crippen molar-refractivity contribution >= 4 is 26.9 Å². The van der Waals surface area contributed by atoms with Crippen LogP contribution in [0.15, 0.2) is 41.3 Å². The molecule has 130 valence electrons. The maximum Gasteiger partial charge on any atom is 0.311 e. The molecule has 0 aliphatic rings. The molecule has 0 aliphatic heterocycles. The molecule has 2 aromatic rings. The van der Waals surface area contributed by atoms with Gasteiger partial charge in [-0.15, -0.1) is 0 Å². The second kappa shape index (κ2) is 8.26. The molecule has 0 radical (unpaired) electrons. The highest BCUT2D eigenvalue weighted by Gasteiger charge is 2.16.